The number of aromatic nitrogens is 2. The van der Waals surface area contributed by atoms with E-state index in [1.54, 1.807) is 34.7 Å². The summed E-state index contributed by atoms with van der Waals surface area (Å²) in [6.45, 7) is 1.87. The minimum Gasteiger partial charge on any atom is -0.339 e. The van der Waals surface area contributed by atoms with Crippen LogP contribution < -0.4 is 10.7 Å². The molecule has 3 aromatic rings. The lowest BCUT2D eigenvalue weighted by Crippen LogP contribution is -2.31. The number of primary sulfonamides is 1. The summed E-state index contributed by atoms with van der Waals surface area (Å²) in [7, 11) is -2.05. The summed E-state index contributed by atoms with van der Waals surface area (Å²) in [6, 6.07) is 13.4. The Bertz CT molecular complexity index is 1330. The predicted octanol–water partition coefficient (Wildman–Crippen LogP) is 2.53. The molecule has 8 nitrogen and oxygen atoms in total. The first kappa shape index (κ1) is 22.2. The molecule has 9 heteroatoms. The van der Waals surface area contributed by atoms with E-state index in [2.05, 4.69) is 4.98 Å². The van der Waals surface area contributed by atoms with Gasteiger partial charge in [-0.05, 0) is 49.6 Å². The molecule has 1 aromatic heterocycles. The van der Waals surface area contributed by atoms with Gasteiger partial charge in [-0.1, -0.05) is 24.3 Å². The number of carbonyl (C=O) groups is 1. The molecule has 1 heterocycles. The lowest BCUT2D eigenvalue weighted by molar-refractivity contribution is -0.131. The van der Waals surface area contributed by atoms with E-state index in [1.165, 1.54) is 12.1 Å². The smallest absolute Gasteiger partial charge is 0.261 e. The van der Waals surface area contributed by atoms with Crippen molar-refractivity contribution < 1.29 is 13.2 Å². The Morgan fingerprint density at radius 2 is 1.84 bits per heavy atom. The molecule has 32 heavy (non-hydrogen) atoms. The van der Waals surface area contributed by atoms with Crippen LogP contribution in [0.25, 0.3) is 10.9 Å². The lowest BCUT2D eigenvalue weighted by atomic mass is 10.1. The van der Waals surface area contributed by atoms with Crippen LogP contribution >= 0.6 is 0 Å². The molecule has 0 radical (unpaired) electrons. The summed E-state index contributed by atoms with van der Waals surface area (Å²) in [5.41, 5.74) is 1.40. The standard InChI is InChI=1S/C23H26N4O4S/c1-15(16-7-11-18(12-8-16)32(24,30)31)26(2)22(28)14-13-21-25-20-6-4-3-5-19(20)23(29)27(21)17-9-10-17/h3-8,11-12,15,17H,9-10,13-14H2,1-2H3,(H2,24,30,31). The number of amides is 1. The van der Waals surface area contributed by atoms with Gasteiger partial charge in [0, 0.05) is 25.9 Å². The molecule has 1 atom stereocenters. The van der Waals surface area contributed by atoms with Crippen molar-refractivity contribution in [2.24, 2.45) is 5.14 Å². The second kappa shape index (κ2) is 8.48. The van der Waals surface area contributed by atoms with Gasteiger partial charge in [-0.3, -0.25) is 14.2 Å². The van der Waals surface area contributed by atoms with Gasteiger partial charge >= 0.3 is 0 Å². The van der Waals surface area contributed by atoms with E-state index in [-0.39, 0.29) is 34.9 Å². The quantitative estimate of drug-likeness (QED) is 0.589. The van der Waals surface area contributed by atoms with Crippen molar-refractivity contribution in [2.75, 3.05) is 7.05 Å². The van der Waals surface area contributed by atoms with E-state index in [0.29, 0.717) is 23.1 Å². The maximum Gasteiger partial charge on any atom is 0.261 e. The first-order chi connectivity index (χ1) is 15.2. The molecule has 1 saturated carbocycles. The molecule has 2 aromatic carbocycles. The highest BCUT2D eigenvalue weighted by Crippen LogP contribution is 2.35. The molecule has 0 aliphatic heterocycles. The first-order valence-corrected chi connectivity index (χ1v) is 12.1. The van der Waals surface area contributed by atoms with Crippen molar-refractivity contribution in [3.63, 3.8) is 0 Å². The predicted molar refractivity (Wildman–Crippen MR) is 122 cm³/mol. The largest absolute Gasteiger partial charge is 0.339 e. The molecule has 0 bridgehead atoms. The van der Waals surface area contributed by atoms with E-state index in [0.717, 1.165) is 18.4 Å². The monoisotopic (exact) mass is 454 g/mol. The number of rotatable bonds is 7. The fourth-order valence-electron chi connectivity index (χ4n) is 3.85. The van der Waals surface area contributed by atoms with Crippen LogP contribution in [-0.2, 0) is 21.2 Å². The van der Waals surface area contributed by atoms with E-state index in [1.807, 2.05) is 25.1 Å². The fourth-order valence-corrected chi connectivity index (χ4v) is 4.36. The third kappa shape index (κ3) is 4.44. The van der Waals surface area contributed by atoms with Crippen LogP contribution in [0.4, 0.5) is 0 Å². The van der Waals surface area contributed by atoms with Gasteiger partial charge in [-0.2, -0.15) is 0 Å². The summed E-state index contributed by atoms with van der Waals surface area (Å²) >= 11 is 0. The molecule has 1 aliphatic carbocycles. The molecule has 1 unspecified atom stereocenters. The molecule has 0 saturated heterocycles. The minimum absolute atomic E-state index is 0.0304. The van der Waals surface area contributed by atoms with E-state index in [4.69, 9.17) is 5.14 Å². The summed E-state index contributed by atoms with van der Waals surface area (Å²) < 4.78 is 24.6. The molecule has 1 aliphatic rings. The second-order valence-electron chi connectivity index (χ2n) is 8.25. The van der Waals surface area contributed by atoms with Crippen molar-refractivity contribution in [1.29, 1.82) is 0 Å². The van der Waals surface area contributed by atoms with Crippen molar-refractivity contribution in [2.45, 2.75) is 49.6 Å². The number of hydrogen-bond acceptors (Lipinski definition) is 5. The van der Waals surface area contributed by atoms with Gasteiger partial charge in [-0.25, -0.2) is 18.5 Å². The Balaban J connectivity index is 1.50. The molecule has 1 fully saturated rings. The van der Waals surface area contributed by atoms with Crippen molar-refractivity contribution in [3.05, 3.63) is 70.3 Å². The normalized spacial score (nSPS) is 15.0. The third-order valence-electron chi connectivity index (χ3n) is 6.02. The minimum atomic E-state index is -3.76. The number of para-hydroxylation sites is 1. The number of sulfonamides is 1. The van der Waals surface area contributed by atoms with Gasteiger partial charge in [0.05, 0.1) is 21.8 Å². The SMILES string of the molecule is CC(c1ccc(S(N)(=O)=O)cc1)N(C)C(=O)CCc1nc2ccccc2c(=O)n1C1CC1. The first-order valence-electron chi connectivity index (χ1n) is 10.6. The van der Waals surface area contributed by atoms with Crippen LogP contribution in [0.1, 0.15) is 49.7 Å². The number of hydrogen-bond donors (Lipinski definition) is 1. The Morgan fingerprint density at radius 3 is 2.47 bits per heavy atom. The Labute approximate surface area is 186 Å². The molecular formula is C23H26N4O4S. The Morgan fingerprint density at radius 1 is 1.19 bits per heavy atom. The zero-order valence-electron chi connectivity index (χ0n) is 18.1. The number of fused-ring (bicyclic) bond motifs is 1. The Kier molecular flexibility index (Phi) is 5.87. The molecule has 4 rings (SSSR count). The molecule has 2 N–H and O–H groups in total. The lowest BCUT2D eigenvalue weighted by Gasteiger charge is -2.26. The van der Waals surface area contributed by atoms with Gasteiger partial charge in [0.2, 0.25) is 15.9 Å². The number of carbonyl (C=O) groups excluding carboxylic acids is 1. The highest BCUT2D eigenvalue weighted by Gasteiger charge is 2.28. The van der Waals surface area contributed by atoms with Gasteiger partial charge in [0.25, 0.3) is 5.56 Å². The van der Waals surface area contributed by atoms with Crippen LogP contribution in [-0.4, -0.2) is 35.8 Å². The van der Waals surface area contributed by atoms with Crippen LogP contribution in [0.2, 0.25) is 0 Å². The van der Waals surface area contributed by atoms with Crippen molar-refractivity contribution in [3.8, 4) is 0 Å². The number of benzene rings is 2. The average molecular weight is 455 g/mol. The topological polar surface area (TPSA) is 115 Å². The highest BCUT2D eigenvalue weighted by atomic mass is 32.2. The molecular weight excluding hydrogens is 428 g/mol. The summed E-state index contributed by atoms with van der Waals surface area (Å²) in [5.74, 6) is 0.556. The van der Waals surface area contributed by atoms with Crippen LogP contribution in [0.15, 0.2) is 58.2 Å². The number of aryl methyl sites for hydroxylation is 1. The Hall–Kier alpha value is -3.04. The van der Waals surface area contributed by atoms with Crippen molar-refractivity contribution in [1.82, 2.24) is 14.5 Å². The molecule has 1 amide bonds. The van der Waals surface area contributed by atoms with E-state index >= 15 is 0 Å². The summed E-state index contributed by atoms with van der Waals surface area (Å²) in [6.07, 6.45) is 2.49. The van der Waals surface area contributed by atoms with Crippen molar-refractivity contribution >= 4 is 26.8 Å². The molecule has 168 valence electrons. The highest BCUT2D eigenvalue weighted by molar-refractivity contribution is 7.89. The average Bonchev–Trinajstić information content (AvgIpc) is 3.61. The van der Waals surface area contributed by atoms with Gasteiger partial charge in [-0.15, -0.1) is 0 Å². The maximum atomic E-state index is 13.0. The number of nitrogens with two attached hydrogens (primary N) is 1. The summed E-state index contributed by atoms with van der Waals surface area (Å²) in [4.78, 5) is 32.2. The second-order valence-corrected chi connectivity index (χ2v) is 9.81. The van der Waals surface area contributed by atoms with Crippen LogP contribution in [0.5, 0.6) is 0 Å². The van der Waals surface area contributed by atoms with E-state index < -0.39 is 10.0 Å². The van der Waals surface area contributed by atoms with Gasteiger partial charge < -0.3 is 4.90 Å². The summed E-state index contributed by atoms with van der Waals surface area (Å²) in [5, 5.41) is 5.75. The van der Waals surface area contributed by atoms with Gasteiger partial charge in [0.1, 0.15) is 5.82 Å². The van der Waals surface area contributed by atoms with Gasteiger partial charge in [0.15, 0.2) is 0 Å². The molecule has 0 spiro atoms. The number of nitrogens with zero attached hydrogens (tertiary/aromatic N) is 3. The van der Waals surface area contributed by atoms with Crippen LogP contribution in [0, 0.1) is 0 Å². The van der Waals surface area contributed by atoms with Crippen LogP contribution in [0.3, 0.4) is 0 Å². The maximum absolute atomic E-state index is 13.0. The fraction of sp³-hybridized carbons (Fsp3) is 0.348. The van der Waals surface area contributed by atoms with E-state index in [9.17, 15) is 18.0 Å². The third-order valence-corrected chi connectivity index (χ3v) is 6.95. The zero-order chi connectivity index (χ0) is 23.0. The zero-order valence-corrected chi connectivity index (χ0v) is 18.9.